The molecule has 0 spiro atoms. The highest BCUT2D eigenvalue weighted by Crippen LogP contribution is 2.22. The van der Waals surface area contributed by atoms with Crippen molar-refractivity contribution in [1.29, 1.82) is 0 Å². The predicted molar refractivity (Wildman–Crippen MR) is 80.2 cm³/mol. The Hall–Kier alpha value is -2.34. The van der Waals surface area contributed by atoms with Crippen molar-refractivity contribution in [3.63, 3.8) is 0 Å². The van der Waals surface area contributed by atoms with Crippen LogP contribution in [-0.2, 0) is 10.0 Å². The average Bonchev–Trinajstić information content (AvgIpc) is 2.88. The highest BCUT2D eigenvalue weighted by Gasteiger charge is 2.15. The van der Waals surface area contributed by atoms with Gasteiger partial charge in [-0.25, -0.2) is 12.8 Å². The van der Waals surface area contributed by atoms with Gasteiger partial charge in [0, 0.05) is 22.8 Å². The van der Waals surface area contributed by atoms with E-state index in [4.69, 9.17) is 0 Å². The molecule has 0 fully saturated rings. The monoisotopic (exact) mass is 304 g/mol. The zero-order chi connectivity index (χ0) is 15.0. The highest BCUT2D eigenvalue weighted by molar-refractivity contribution is 7.92. The molecule has 0 amide bonds. The Labute approximate surface area is 121 Å². The first kappa shape index (κ1) is 13.6. The van der Waals surface area contributed by atoms with Crippen molar-refractivity contribution in [1.82, 2.24) is 4.98 Å². The fourth-order valence-electron chi connectivity index (χ4n) is 2.12. The summed E-state index contributed by atoms with van der Waals surface area (Å²) in [6, 6.07) is 10.8. The number of sulfonamides is 1. The molecule has 1 aromatic heterocycles. The molecule has 0 saturated heterocycles. The maximum absolute atomic E-state index is 13.2. The first-order valence-corrected chi connectivity index (χ1v) is 7.80. The summed E-state index contributed by atoms with van der Waals surface area (Å²) < 4.78 is 40.3. The number of anilines is 1. The topological polar surface area (TPSA) is 62.0 Å². The second kappa shape index (κ2) is 4.89. The third-order valence-electron chi connectivity index (χ3n) is 3.25. The van der Waals surface area contributed by atoms with Crippen molar-refractivity contribution in [2.45, 2.75) is 11.8 Å². The Bertz CT molecular complexity index is 916. The van der Waals surface area contributed by atoms with Crippen LogP contribution in [0.25, 0.3) is 10.9 Å². The van der Waals surface area contributed by atoms with Crippen molar-refractivity contribution in [3.05, 3.63) is 60.0 Å². The van der Waals surface area contributed by atoms with Gasteiger partial charge in [0.05, 0.1) is 4.90 Å². The van der Waals surface area contributed by atoms with Gasteiger partial charge in [0.1, 0.15) is 5.82 Å². The van der Waals surface area contributed by atoms with Gasteiger partial charge in [0.25, 0.3) is 10.0 Å². The van der Waals surface area contributed by atoms with Crippen LogP contribution in [0.1, 0.15) is 5.56 Å². The Kier molecular flexibility index (Phi) is 3.17. The molecule has 1 heterocycles. The van der Waals surface area contributed by atoms with Gasteiger partial charge in [0.2, 0.25) is 0 Å². The number of aromatic nitrogens is 1. The van der Waals surface area contributed by atoms with Gasteiger partial charge in [-0.2, -0.15) is 0 Å². The van der Waals surface area contributed by atoms with E-state index < -0.39 is 15.8 Å². The minimum atomic E-state index is -3.73. The number of rotatable bonds is 3. The van der Waals surface area contributed by atoms with Crippen LogP contribution >= 0.6 is 0 Å². The first-order valence-electron chi connectivity index (χ1n) is 6.32. The smallest absolute Gasteiger partial charge is 0.261 e. The lowest BCUT2D eigenvalue weighted by Crippen LogP contribution is -2.13. The summed E-state index contributed by atoms with van der Waals surface area (Å²) in [4.78, 5) is 3.07. The van der Waals surface area contributed by atoms with Gasteiger partial charge >= 0.3 is 0 Å². The zero-order valence-electron chi connectivity index (χ0n) is 11.2. The lowest BCUT2D eigenvalue weighted by molar-refractivity contribution is 0.598. The van der Waals surface area contributed by atoms with Gasteiger partial charge in [-0.1, -0.05) is 0 Å². The third-order valence-corrected chi connectivity index (χ3v) is 4.62. The van der Waals surface area contributed by atoms with Gasteiger partial charge < -0.3 is 4.98 Å². The Morgan fingerprint density at radius 3 is 2.67 bits per heavy atom. The number of nitrogens with one attached hydrogen (secondary N) is 2. The van der Waals surface area contributed by atoms with E-state index in [9.17, 15) is 12.8 Å². The fourth-order valence-corrected chi connectivity index (χ4v) is 3.25. The third kappa shape index (κ3) is 2.62. The molecule has 0 saturated carbocycles. The van der Waals surface area contributed by atoms with E-state index >= 15 is 0 Å². The SMILES string of the molecule is Cc1cc(S(=O)(=O)Nc2ccc3[nH]ccc3c2)ccc1F. The van der Waals surface area contributed by atoms with E-state index in [1.807, 2.05) is 6.07 Å². The van der Waals surface area contributed by atoms with Crippen LogP contribution in [0.3, 0.4) is 0 Å². The molecule has 0 unspecified atom stereocenters. The summed E-state index contributed by atoms with van der Waals surface area (Å²) in [6.07, 6.45) is 1.78. The molecule has 2 aromatic carbocycles. The molecule has 0 atom stereocenters. The maximum Gasteiger partial charge on any atom is 0.261 e. The summed E-state index contributed by atoms with van der Waals surface area (Å²) in [6.45, 7) is 1.53. The van der Waals surface area contributed by atoms with E-state index in [2.05, 4.69) is 9.71 Å². The molecule has 0 aliphatic rings. The van der Waals surface area contributed by atoms with Gasteiger partial charge in [0.15, 0.2) is 0 Å². The van der Waals surface area contributed by atoms with Crippen LogP contribution in [-0.4, -0.2) is 13.4 Å². The summed E-state index contributed by atoms with van der Waals surface area (Å²) in [5, 5.41) is 0.908. The number of aryl methyl sites for hydroxylation is 1. The first-order chi connectivity index (χ1) is 9.95. The number of halogens is 1. The lowest BCUT2D eigenvalue weighted by atomic mass is 10.2. The van der Waals surface area contributed by atoms with Crippen LogP contribution in [0.15, 0.2) is 53.6 Å². The van der Waals surface area contributed by atoms with Crippen molar-refractivity contribution >= 4 is 26.6 Å². The van der Waals surface area contributed by atoms with Crippen LogP contribution in [0.2, 0.25) is 0 Å². The minimum Gasteiger partial charge on any atom is -0.361 e. The second-order valence-corrected chi connectivity index (χ2v) is 6.48. The number of hydrogen-bond donors (Lipinski definition) is 2. The molecule has 0 aliphatic heterocycles. The largest absolute Gasteiger partial charge is 0.361 e. The zero-order valence-corrected chi connectivity index (χ0v) is 12.0. The highest BCUT2D eigenvalue weighted by atomic mass is 32.2. The molecule has 0 radical (unpaired) electrons. The number of benzene rings is 2. The lowest BCUT2D eigenvalue weighted by Gasteiger charge is -2.09. The molecule has 21 heavy (non-hydrogen) atoms. The number of fused-ring (bicyclic) bond motifs is 1. The van der Waals surface area contributed by atoms with Crippen LogP contribution in [0.5, 0.6) is 0 Å². The van der Waals surface area contributed by atoms with E-state index in [-0.39, 0.29) is 4.90 Å². The van der Waals surface area contributed by atoms with Crippen LogP contribution in [0, 0.1) is 12.7 Å². The molecule has 0 bridgehead atoms. The Morgan fingerprint density at radius 2 is 1.90 bits per heavy atom. The van der Waals surface area contributed by atoms with Crippen LogP contribution in [0.4, 0.5) is 10.1 Å². The fraction of sp³-hybridized carbons (Fsp3) is 0.0667. The molecule has 3 rings (SSSR count). The molecule has 4 nitrogen and oxygen atoms in total. The summed E-state index contributed by atoms with van der Waals surface area (Å²) in [5.41, 5.74) is 1.68. The second-order valence-electron chi connectivity index (χ2n) is 4.80. The van der Waals surface area contributed by atoms with Crippen molar-refractivity contribution in [2.75, 3.05) is 4.72 Å². The summed E-state index contributed by atoms with van der Waals surface area (Å²) in [7, 11) is -3.73. The number of aromatic amines is 1. The van der Waals surface area contributed by atoms with Gasteiger partial charge in [-0.15, -0.1) is 0 Å². The normalized spacial score (nSPS) is 11.7. The number of hydrogen-bond acceptors (Lipinski definition) is 2. The maximum atomic E-state index is 13.2. The Morgan fingerprint density at radius 1 is 1.10 bits per heavy atom. The van der Waals surface area contributed by atoms with Gasteiger partial charge in [-0.05, 0) is 55.0 Å². The van der Waals surface area contributed by atoms with Gasteiger partial charge in [-0.3, -0.25) is 4.72 Å². The molecule has 3 aromatic rings. The van der Waals surface area contributed by atoms with E-state index in [1.165, 1.54) is 19.1 Å². The summed E-state index contributed by atoms with van der Waals surface area (Å²) in [5.74, 6) is -0.428. The molecule has 0 aliphatic carbocycles. The van der Waals surface area contributed by atoms with E-state index in [0.717, 1.165) is 17.0 Å². The van der Waals surface area contributed by atoms with Crippen molar-refractivity contribution < 1.29 is 12.8 Å². The minimum absolute atomic E-state index is 0.0376. The summed E-state index contributed by atoms with van der Waals surface area (Å²) >= 11 is 0. The van der Waals surface area contributed by atoms with Crippen molar-refractivity contribution in [2.24, 2.45) is 0 Å². The number of H-pyrrole nitrogens is 1. The molecule has 6 heteroatoms. The predicted octanol–water partition coefficient (Wildman–Crippen LogP) is 3.42. The van der Waals surface area contributed by atoms with Crippen molar-refractivity contribution in [3.8, 4) is 0 Å². The average molecular weight is 304 g/mol. The standard InChI is InChI=1S/C15H13FN2O2S/c1-10-8-13(3-4-14(10)16)21(19,20)18-12-2-5-15-11(9-12)6-7-17-15/h2-9,17-18H,1H3. The molecule has 2 N–H and O–H groups in total. The van der Waals surface area contributed by atoms with E-state index in [0.29, 0.717) is 11.3 Å². The van der Waals surface area contributed by atoms with Crippen LogP contribution < -0.4 is 4.72 Å². The molecular formula is C15H13FN2O2S. The molecule has 108 valence electrons. The Balaban J connectivity index is 1.96. The van der Waals surface area contributed by atoms with E-state index in [1.54, 1.807) is 24.4 Å². The quantitative estimate of drug-likeness (QED) is 0.779. The molecular weight excluding hydrogens is 291 g/mol.